The number of halogens is 2. The molecule has 7 heteroatoms. The molecule has 2 aliphatic rings. The molecule has 0 aliphatic carbocycles. The molecule has 1 unspecified atom stereocenters. The molecule has 2 saturated heterocycles. The van der Waals surface area contributed by atoms with Gasteiger partial charge in [0.05, 0.1) is 0 Å². The van der Waals surface area contributed by atoms with Gasteiger partial charge in [0.1, 0.15) is 11.7 Å². The molecule has 1 aromatic carbocycles. The fraction of sp³-hybridized carbons (Fsp3) is 0.467. The number of hydrogen-bond acceptors (Lipinski definition) is 3. The second kappa shape index (κ2) is 7.07. The van der Waals surface area contributed by atoms with E-state index < -0.39 is 5.92 Å². The summed E-state index contributed by atoms with van der Waals surface area (Å²) in [5, 5.41) is 5.99. The van der Waals surface area contributed by atoms with Crippen LogP contribution in [0.15, 0.2) is 24.3 Å². The van der Waals surface area contributed by atoms with Crippen molar-refractivity contribution in [2.45, 2.75) is 6.42 Å². The third-order valence-corrected chi connectivity index (χ3v) is 4.09. The summed E-state index contributed by atoms with van der Waals surface area (Å²) in [6.45, 7) is 2.95. The first kappa shape index (κ1) is 16.7. The quantitative estimate of drug-likeness (QED) is 0.809. The molecule has 1 atom stereocenters. The van der Waals surface area contributed by atoms with E-state index in [0.29, 0.717) is 31.1 Å². The number of benzene rings is 1. The highest BCUT2D eigenvalue weighted by molar-refractivity contribution is 6.09. The third-order valence-electron chi connectivity index (χ3n) is 4.09. The first-order valence-electron chi connectivity index (χ1n) is 7.20. The molecule has 0 bridgehead atoms. The van der Waals surface area contributed by atoms with Gasteiger partial charge in [-0.1, -0.05) is 0 Å². The zero-order valence-corrected chi connectivity index (χ0v) is 12.9. The topological polar surface area (TPSA) is 61.4 Å². The highest BCUT2D eigenvalue weighted by Gasteiger charge is 2.37. The van der Waals surface area contributed by atoms with Crippen LogP contribution in [-0.2, 0) is 9.59 Å². The average molecular weight is 328 g/mol. The van der Waals surface area contributed by atoms with E-state index in [-0.39, 0.29) is 30.0 Å². The minimum absolute atomic E-state index is 0. The van der Waals surface area contributed by atoms with E-state index in [2.05, 4.69) is 10.6 Å². The monoisotopic (exact) mass is 327 g/mol. The van der Waals surface area contributed by atoms with Crippen LogP contribution < -0.4 is 15.5 Å². The van der Waals surface area contributed by atoms with Crippen LogP contribution in [0.5, 0.6) is 0 Å². The summed E-state index contributed by atoms with van der Waals surface area (Å²) in [5.41, 5.74) is 0.639. The minimum Gasteiger partial charge on any atom is -0.355 e. The van der Waals surface area contributed by atoms with Gasteiger partial charge in [-0.25, -0.2) is 4.39 Å². The van der Waals surface area contributed by atoms with Crippen molar-refractivity contribution < 1.29 is 14.0 Å². The number of amides is 2. The van der Waals surface area contributed by atoms with Crippen molar-refractivity contribution in [3.05, 3.63) is 30.1 Å². The third kappa shape index (κ3) is 3.39. The van der Waals surface area contributed by atoms with Crippen LogP contribution in [0.3, 0.4) is 0 Å². The van der Waals surface area contributed by atoms with Crippen LogP contribution in [0, 0.1) is 17.7 Å². The molecular weight excluding hydrogens is 309 g/mol. The Labute approximate surface area is 134 Å². The van der Waals surface area contributed by atoms with E-state index >= 15 is 0 Å². The van der Waals surface area contributed by atoms with Gasteiger partial charge in [0.2, 0.25) is 11.8 Å². The maximum absolute atomic E-state index is 12.9. The van der Waals surface area contributed by atoms with Crippen molar-refractivity contribution in [1.82, 2.24) is 10.6 Å². The summed E-state index contributed by atoms with van der Waals surface area (Å²) in [4.78, 5) is 26.0. The van der Waals surface area contributed by atoms with Gasteiger partial charge in [0, 0.05) is 37.8 Å². The first-order chi connectivity index (χ1) is 10.1. The van der Waals surface area contributed by atoms with Crippen molar-refractivity contribution >= 4 is 29.9 Å². The largest absolute Gasteiger partial charge is 0.355 e. The van der Waals surface area contributed by atoms with Crippen molar-refractivity contribution in [3.63, 3.8) is 0 Å². The molecule has 0 aromatic heterocycles. The molecule has 0 radical (unpaired) electrons. The predicted molar refractivity (Wildman–Crippen MR) is 83.5 cm³/mol. The molecular formula is C15H19ClFN3O2. The van der Waals surface area contributed by atoms with Crippen molar-refractivity contribution in [3.8, 4) is 0 Å². The number of rotatable bonds is 4. The van der Waals surface area contributed by atoms with Crippen LogP contribution in [0.1, 0.15) is 6.42 Å². The lowest BCUT2D eigenvalue weighted by molar-refractivity contribution is -0.132. The Hall–Kier alpha value is -1.66. The molecule has 2 aliphatic heterocycles. The first-order valence-corrected chi connectivity index (χ1v) is 7.20. The maximum atomic E-state index is 12.9. The minimum atomic E-state index is -0.622. The Bertz CT molecular complexity index is 548. The lowest BCUT2D eigenvalue weighted by Crippen LogP contribution is -2.49. The van der Waals surface area contributed by atoms with E-state index in [4.69, 9.17) is 0 Å². The Morgan fingerprint density at radius 2 is 2.00 bits per heavy atom. The van der Waals surface area contributed by atoms with Crippen LogP contribution in [0.2, 0.25) is 0 Å². The van der Waals surface area contributed by atoms with Gasteiger partial charge in [-0.15, -0.1) is 12.4 Å². The van der Waals surface area contributed by atoms with Gasteiger partial charge in [0.25, 0.3) is 0 Å². The van der Waals surface area contributed by atoms with Crippen LogP contribution >= 0.6 is 12.4 Å². The molecule has 3 rings (SSSR count). The average Bonchev–Trinajstić information content (AvgIpc) is 2.80. The summed E-state index contributed by atoms with van der Waals surface area (Å²) in [6.07, 6.45) is 0.505. The molecule has 2 heterocycles. The van der Waals surface area contributed by atoms with E-state index in [1.807, 2.05) is 0 Å². The highest BCUT2D eigenvalue weighted by atomic mass is 35.5. The summed E-state index contributed by atoms with van der Waals surface area (Å²) in [7, 11) is 0. The Morgan fingerprint density at radius 1 is 1.32 bits per heavy atom. The number of nitrogens with one attached hydrogen (secondary N) is 2. The molecule has 2 fully saturated rings. The smallest absolute Gasteiger partial charge is 0.239 e. The highest BCUT2D eigenvalue weighted by Crippen LogP contribution is 2.25. The van der Waals surface area contributed by atoms with Crippen molar-refractivity contribution in [2.24, 2.45) is 11.8 Å². The fourth-order valence-corrected chi connectivity index (χ4v) is 2.66. The van der Waals surface area contributed by atoms with Gasteiger partial charge in [-0.05, 0) is 30.7 Å². The normalized spacial score (nSPS) is 21.2. The van der Waals surface area contributed by atoms with Crippen molar-refractivity contribution in [1.29, 1.82) is 0 Å². The molecule has 2 amide bonds. The van der Waals surface area contributed by atoms with Gasteiger partial charge < -0.3 is 15.5 Å². The Balaban J connectivity index is 0.00000176. The standard InChI is InChI=1S/C15H18FN3O2.ClH/c16-11-1-3-12(4-2-11)19-6-5-13(15(19)21)14(20)18-9-10-7-17-8-10;/h1-4,10,13,17H,5-9H2,(H,18,20);1H. The number of hydrogen-bond donors (Lipinski definition) is 2. The zero-order chi connectivity index (χ0) is 14.8. The second-order valence-electron chi connectivity index (χ2n) is 5.58. The van der Waals surface area contributed by atoms with E-state index in [1.165, 1.54) is 12.1 Å². The predicted octanol–water partition coefficient (Wildman–Crippen LogP) is 0.936. The lowest BCUT2D eigenvalue weighted by Gasteiger charge is -2.27. The SMILES string of the molecule is Cl.O=C(NCC1CNC1)C1CCN(c2ccc(F)cc2)C1=O. The molecule has 0 saturated carbocycles. The Kier molecular flexibility index (Phi) is 5.37. The van der Waals surface area contributed by atoms with Crippen molar-refractivity contribution in [2.75, 3.05) is 31.1 Å². The molecule has 5 nitrogen and oxygen atoms in total. The van der Waals surface area contributed by atoms with Crippen LogP contribution in [-0.4, -0.2) is 38.0 Å². The molecule has 2 N–H and O–H groups in total. The van der Waals surface area contributed by atoms with E-state index in [1.54, 1.807) is 17.0 Å². The zero-order valence-electron chi connectivity index (χ0n) is 12.0. The maximum Gasteiger partial charge on any atom is 0.239 e. The fourth-order valence-electron chi connectivity index (χ4n) is 2.66. The lowest BCUT2D eigenvalue weighted by atomic mass is 10.0. The number of anilines is 1. The van der Waals surface area contributed by atoms with Gasteiger partial charge in [-0.2, -0.15) is 0 Å². The van der Waals surface area contributed by atoms with Gasteiger partial charge in [0.15, 0.2) is 0 Å². The number of nitrogens with zero attached hydrogens (tertiary/aromatic N) is 1. The summed E-state index contributed by atoms with van der Waals surface area (Å²) >= 11 is 0. The molecule has 120 valence electrons. The molecule has 0 spiro atoms. The molecule has 22 heavy (non-hydrogen) atoms. The number of carbonyl (C=O) groups is 2. The number of carbonyl (C=O) groups excluding carboxylic acids is 2. The van der Waals surface area contributed by atoms with Gasteiger partial charge >= 0.3 is 0 Å². The Morgan fingerprint density at radius 3 is 2.59 bits per heavy atom. The van der Waals surface area contributed by atoms with E-state index in [9.17, 15) is 14.0 Å². The van der Waals surface area contributed by atoms with Gasteiger partial charge in [-0.3, -0.25) is 9.59 Å². The summed E-state index contributed by atoms with van der Waals surface area (Å²) in [5.74, 6) is -0.891. The second-order valence-corrected chi connectivity index (χ2v) is 5.58. The van der Waals surface area contributed by atoms with E-state index in [0.717, 1.165) is 13.1 Å². The summed E-state index contributed by atoms with van der Waals surface area (Å²) in [6, 6.07) is 5.76. The van der Waals surface area contributed by atoms with Crippen LogP contribution in [0.25, 0.3) is 0 Å². The molecule has 1 aromatic rings. The van der Waals surface area contributed by atoms with Crippen LogP contribution in [0.4, 0.5) is 10.1 Å². The summed E-state index contributed by atoms with van der Waals surface area (Å²) < 4.78 is 12.9.